The third kappa shape index (κ3) is 1.40. The molecule has 0 aromatic carbocycles. The predicted octanol–water partition coefficient (Wildman–Crippen LogP) is -0.0483. The number of hydrogen-bond acceptors (Lipinski definition) is 4. The van der Waals surface area contributed by atoms with Crippen molar-refractivity contribution < 1.29 is 14.3 Å². The van der Waals surface area contributed by atoms with Crippen LogP contribution in [0, 0.1) is 0 Å². The second-order valence-corrected chi connectivity index (χ2v) is 2.59. The van der Waals surface area contributed by atoms with Crippen molar-refractivity contribution in [3.05, 3.63) is 17.8 Å². The van der Waals surface area contributed by atoms with E-state index in [0.717, 1.165) is 0 Å². The van der Waals surface area contributed by atoms with Gasteiger partial charge in [0.2, 0.25) is 5.91 Å². The highest BCUT2D eigenvalue weighted by Gasteiger charge is 2.14. The van der Waals surface area contributed by atoms with Crippen LogP contribution < -0.4 is 15.2 Å². The van der Waals surface area contributed by atoms with E-state index >= 15 is 0 Å². The van der Waals surface area contributed by atoms with E-state index in [4.69, 9.17) is 15.2 Å². The number of carbonyl (C=O) groups excluding carboxylic acids is 1. The highest BCUT2D eigenvalue weighted by molar-refractivity contribution is 5.93. The SMILES string of the molecule is NC(=O)c1cnc2c(c1)OCCO2. The van der Waals surface area contributed by atoms with Crippen molar-refractivity contribution in [1.29, 1.82) is 0 Å². The lowest BCUT2D eigenvalue weighted by molar-refractivity contribution is 0.0998. The minimum absolute atomic E-state index is 0.323. The van der Waals surface area contributed by atoms with E-state index in [0.29, 0.717) is 30.4 Å². The summed E-state index contributed by atoms with van der Waals surface area (Å²) in [6, 6.07) is 1.53. The van der Waals surface area contributed by atoms with Crippen LogP contribution in [0.2, 0.25) is 0 Å². The maximum absolute atomic E-state index is 10.8. The number of amides is 1. The summed E-state index contributed by atoms with van der Waals surface area (Å²) in [5.41, 5.74) is 5.39. The van der Waals surface area contributed by atoms with Gasteiger partial charge in [-0.3, -0.25) is 4.79 Å². The van der Waals surface area contributed by atoms with Crippen molar-refractivity contribution in [2.24, 2.45) is 5.73 Å². The Morgan fingerprint density at radius 1 is 1.46 bits per heavy atom. The molecule has 0 saturated carbocycles. The maximum Gasteiger partial charge on any atom is 0.257 e. The van der Waals surface area contributed by atoms with Gasteiger partial charge in [-0.05, 0) is 0 Å². The molecular weight excluding hydrogens is 172 g/mol. The summed E-state index contributed by atoms with van der Waals surface area (Å²) in [5, 5.41) is 0. The molecule has 0 spiro atoms. The lowest BCUT2D eigenvalue weighted by atomic mass is 10.2. The molecule has 0 atom stereocenters. The molecule has 5 heteroatoms. The third-order valence-corrected chi connectivity index (χ3v) is 1.68. The highest BCUT2D eigenvalue weighted by atomic mass is 16.6. The first-order valence-electron chi connectivity index (χ1n) is 3.83. The first-order chi connectivity index (χ1) is 6.27. The van der Waals surface area contributed by atoms with Gasteiger partial charge in [-0.1, -0.05) is 0 Å². The molecule has 0 radical (unpaired) electrons. The van der Waals surface area contributed by atoms with E-state index < -0.39 is 5.91 Å². The van der Waals surface area contributed by atoms with Gasteiger partial charge in [0.25, 0.3) is 5.88 Å². The van der Waals surface area contributed by atoms with E-state index in [1.54, 1.807) is 0 Å². The zero-order chi connectivity index (χ0) is 9.26. The van der Waals surface area contributed by atoms with E-state index in [9.17, 15) is 4.79 Å². The Morgan fingerprint density at radius 3 is 3.00 bits per heavy atom. The van der Waals surface area contributed by atoms with Crippen LogP contribution in [0.15, 0.2) is 12.3 Å². The van der Waals surface area contributed by atoms with Gasteiger partial charge in [0.15, 0.2) is 5.75 Å². The lowest BCUT2D eigenvalue weighted by Crippen LogP contribution is -2.18. The fourth-order valence-corrected chi connectivity index (χ4v) is 1.07. The lowest BCUT2D eigenvalue weighted by Gasteiger charge is -2.16. The van der Waals surface area contributed by atoms with Crippen molar-refractivity contribution in [3.63, 3.8) is 0 Å². The molecule has 1 aliphatic heterocycles. The summed E-state index contributed by atoms with van der Waals surface area (Å²) in [6.07, 6.45) is 1.37. The number of aromatic nitrogens is 1. The van der Waals surface area contributed by atoms with Crippen LogP contribution in [0.4, 0.5) is 0 Å². The minimum atomic E-state index is -0.524. The van der Waals surface area contributed by atoms with Crippen LogP contribution in [-0.2, 0) is 0 Å². The molecule has 2 heterocycles. The smallest absolute Gasteiger partial charge is 0.257 e. The van der Waals surface area contributed by atoms with Crippen molar-refractivity contribution in [1.82, 2.24) is 4.98 Å². The second kappa shape index (κ2) is 2.93. The Morgan fingerprint density at radius 2 is 2.23 bits per heavy atom. The van der Waals surface area contributed by atoms with Gasteiger partial charge in [-0.25, -0.2) is 4.98 Å². The van der Waals surface area contributed by atoms with Crippen LogP contribution in [0.25, 0.3) is 0 Å². The van der Waals surface area contributed by atoms with Gasteiger partial charge in [-0.15, -0.1) is 0 Å². The summed E-state index contributed by atoms with van der Waals surface area (Å²) >= 11 is 0. The Hall–Kier alpha value is -1.78. The monoisotopic (exact) mass is 180 g/mol. The number of ether oxygens (including phenoxy) is 2. The first kappa shape index (κ1) is 7.85. The number of primary amides is 1. The molecule has 13 heavy (non-hydrogen) atoms. The Balaban J connectivity index is 2.40. The van der Waals surface area contributed by atoms with E-state index in [-0.39, 0.29) is 0 Å². The summed E-state index contributed by atoms with van der Waals surface area (Å²) in [7, 11) is 0. The zero-order valence-electron chi connectivity index (χ0n) is 6.82. The average Bonchev–Trinajstić information content (AvgIpc) is 2.17. The molecule has 0 fully saturated rings. The molecule has 2 N–H and O–H groups in total. The quantitative estimate of drug-likeness (QED) is 0.657. The molecule has 0 unspecified atom stereocenters. The van der Waals surface area contributed by atoms with Crippen LogP contribution >= 0.6 is 0 Å². The molecule has 0 saturated heterocycles. The summed E-state index contributed by atoms with van der Waals surface area (Å²) in [4.78, 5) is 14.7. The van der Waals surface area contributed by atoms with Gasteiger partial charge in [0.1, 0.15) is 13.2 Å². The molecule has 1 amide bonds. The van der Waals surface area contributed by atoms with Crippen LogP contribution in [0.1, 0.15) is 10.4 Å². The Labute approximate surface area is 74.5 Å². The molecule has 0 aliphatic carbocycles. The molecule has 0 bridgehead atoms. The number of pyridine rings is 1. The minimum Gasteiger partial charge on any atom is -0.484 e. The maximum atomic E-state index is 10.8. The summed E-state index contributed by atoms with van der Waals surface area (Å²) in [6.45, 7) is 0.951. The fourth-order valence-electron chi connectivity index (χ4n) is 1.07. The third-order valence-electron chi connectivity index (χ3n) is 1.68. The predicted molar refractivity (Wildman–Crippen MR) is 43.7 cm³/mol. The molecule has 1 aliphatic rings. The number of nitrogens with zero attached hydrogens (tertiary/aromatic N) is 1. The van der Waals surface area contributed by atoms with E-state index in [1.807, 2.05) is 0 Å². The molecule has 1 aromatic heterocycles. The molecule has 2 rings (SSSR count). The van der Waals surface area contributed by atoms with E-state index in [1.165, 1.54) is 12.3 Å². The summed E-state index contributed by atoms with van der Waals surface area (Å²) in [5.74, 6) is 0.364. The van der Waals surface area contributed by atoms with E-state index in [2.05, 4.69) is 4.98 Å². The largest absolute Gasteiger partial charge is 0.484 e. The van der Waals surface area contributed by atoms with Crippen LogP contribution in [-0.4, -0.2) is 24.1 Å². The number of rotatable bonds is 1. The molecular formula is C8H8N2O3. The Kier molecular flexibility index (Phi) is 1.77. The standard InChI is InChI=1S/C8H8N2O3/c9-7(11)5-3-6-8(10-4-5)13-2-1-12-6/h3-4H,1-2H2,(H2,9,11). The normalized spacial score (nSPS) is 13.8. The fraction of sp³-hybridized carbons (Fsp3) is 0.250. The van der Waals surface area contributed by atoms with Gasteiger partial charge in [0, 0.05) is 12.3 Å². The number of fused-ring (bicyclic) bond motifs is 1. The van der Waals surface area contributed by atoms with Crippen molar-refractivity contribution >= 4 is 5.91 Å². The molecule has 5 nitrogen and oxygen atoms in total. The number of nitrogens with two attached hydrogens (primary N) is 1. The van der Waals surface area contributed by atoms with Crippen molar-refractivity contribution in [2.75, 3.05) is 13.2 Å². The molecule has 1 aromatic rings. The number of carbonyl (C=O) groups is 1. The zero-order valence-corrected chi connectivity index (χ0v) is 6.82. The van der Waals surface area contributed by atoms with Crippen molar-refractivity contribution in [2.45, 2.75) is 0 Å². The first-order valence-corrected chi connectivity index (χ1v) is 3.83. The van der Waals surface area contributed by atoms with Crippen molar-refractivity contribution in [3.8, 4) is 11.6 Å². The van der Waals surface area contributed by atoms with Gasteiger partial charge in [0.05, 0.1) is 5.56 Å². The average molecular weight is 180 g/mol. The molecule has 68 valence electrons. The van der Waals surface area contributed by atoms with Gasteiger partial charge in [-0.2, -0.15) is 0 Å². The Bertz CT molecular complexity index is 351. The van der Waals surface area contributed by atoms with Crippen LogP contribution in [0.3, 0.4) is 0 Å². The van der Waals surface area contributed by atoms with Crippen LogP contribution in [0.5, 0.6) is 11.6 Å². The van der Waals surface area contributed by atoms with Gasteiger partial charge >= 0.3 is 0 Å². The second-order valence-electron chi connectivity index (χ2n) is 2.59. The topological polar surface area (TPSA) is 74.4 Å². The highest BCUT2D eigenvalue weighted by Crippen LogP contribution is 2.27. The number of hydrogen-bond donors (Lipinski definition) is 1. The van der Waals surface area contributed by atoms with Gasteiger partial charge < -0.3 is 15.2 Å². The summed E-state index contributed by atoms with van der Waals surface area (Å²) < 4.78 is 10.4.